The van der Waals surface area contributed by atoms with Crippen molar-refractivity contribution in [1.82, 2.24) is 0 Å². The SMILES string of the molecule is COC(=O)CCCCc1ccc(C2CCCCC(=O)C2)cc1. The Labute approximate surface area is 133 Å². The average molecular weight is 302 g/mol. The first-order valence-electron chi connectivity index (χ1n) is 8.36. The molecule has 0 radical (unpaired) electrons. The zero-order valence-electron chi connectivity index (χ0n) is 13.5. The highest BCUT2D eigenvalue weighted by atomic mass is 16.5. The van der Waals surface area contributed by atoms with Crippen LogP contribution in [0.15, 0.2) is 24.3 Å². The quantitative estimate of drug-likeness (QED) is 0.449. The molecule has 3 nitrogen and oxygen atoms in total. The maximum Gasteiger partial charge on any atom is 0.305 e. The van der Waals surface area contributed by atoms with Crippen molar-refractivity contribution in [3.05, 3.63) is 35.4 Å². The van der Waals surface area contributed by atoms with E-state index in [-0.39, 0.29) is 5.97 Å². The summed E-state index contributed by atoms with van der Waals surface area (Å²) < 4.78 is 4.64. The van der Waals surface area contributed by atoms with Gasteiger partial charge in [0.2, 0.25) is 0 Å². The third kappa shape index (κ3) is 5.28. The summed E-state index contributed by atoms with van der Waals surface area (Å²) in [4.78, 5) is 22.8. The van der Waals surface area contributed by atoms with E-state index in [1.54, 1.807) is 0 Å². The Balaban J connectivity index is 1.82. The van der Waals surface area contributed by atoms with Crippen LogP contribution in [0, 0.1) is 0 Å². The second kappa shape index (κ2) is 8.72. The zero-order valence-corrected chi connectivity index (χ0v) is 13.5. The van der Waals surface area contributed by atoms with Crippen molar-refractivity contribution in [3.8, 4) is 0 Å². The number of methoxy groups -OCH3 is 1. The van der Waals surface area contributed by atoms with Crippen LogP contribution in [0.1, 0.15) is 68.4 Å². The van der Waals surface area contributed by atoms with Gasteiger partial charge in [0.1, 0.15) is 5.78 Å². The van der Waals surface area contributed by atoms with Gasteiger partial charge in [-0.3, -0.25) is 9.59 Å². The predicted molar refractivity (Wildman–Crippen MR) is 86.8 cm³/mol. The molecule has 1 aliphatic carbocycles. The van der Waals surface area contributed by atoms with Gasteiger partial charge in [0.25, 0.3) is 0 Å². The number of benzene rings is 1. The van der Waals surface area contributed by atoms with Crippen molar-refractivity contribution in [1.29, 1.82) is 0 Å². The monoisotopic (exact) mass is 302 g/mol. The van der Waals surface area contributed by atoms with Crippen LogP contribution in [0.5, 0.6) is 0 Å². The fourth-order valence-corrected chi connectivity index (χ4v) is 3.13. The summed E-state index contributed by atoms with van der Waals surface area (Å²) in [5.41, 5.74) is 2.60. The number of ketones is 1. The normalized spacial score (nSPS) is 18.8. The topological polar surface area (TPSA) is 43.4 Å². The molecule has 3 heteroatoms. The molecule has 1 aromatic carbocycles. The Bertz CT molecular complexity index is 490. The number of unbranched alkanes of at least 4 members (excludes halogenated alkanes) is 1. The van der Waals surface area contributed by atoms with Crippen LogP contribution in [0.3, 0.4) is 0 Å². The van der Waals surface area contributed by atoms with Gasteiger partial charge in [-0.05, 0) is 49.1 Å². The molecule has 0 saturated heterocycles. The van der Waals surface area contributed by atoms with Gasteiger partial charge in [0, 0.05) is 19.3 Å². The van der Waals surface area contributed by atoms with Gasteiger partial charge in [0.05, 0.1) is 7.11 Å². The Morgan fingerprint density at radius 1 is 1.18 bits per heavy atom. The first kappa shape index (κ1) is 16.7. The second-order valence-electron chi connectivity index (χ2n) is 6.21. The smallest absolute Gasteiger partial charge is 0.305 e. The summed E-state index contributed by atoms with van der Waals surface area (Å²) in [5, 5.41) is 0. The summed E-state index contributed by atoms with van der Waals surface area (Å²) >= 11 is 0. The number of aryl methyl sites for hydroxylation is 1. The molecule has 1 fully saturated rings. The fraction of sp³-hybridized carbons (Fsp3) is 0.579. The number of hydrogen-bond donors (Lipinski definition) is 0. The highest BCUT2D eigenvalue weighted by molar-refractivity contribution is 5.79. The minimum Gasteiger partial charge on any atom is -0.469 e. The van der Waals surface area contributed by atoms with E-state index in [1.807, 2.05) is 0 Å². The molecule has 1 saturated carbocycles. The van der Waals surface area contributed by atoms with E-state index < -0.39 is 0 Å². The van der Waals surface area contributed by atoms with E-state index in [0.29, 0.717) is 24.5 Å². The van der Waals surface area contributed by atoms with Gasteiger partial charge in [-0.25, -0.2) is 0 Å². The highest BCUT2D eigenvalue weighted by Gasteiger charge is 2.19. The van der Waals surface area contributed by atoms with Crippen molar-refractivity contribution in [2.45, 2.75) is 63.7 Å². The Hall–Kier alpha value is -1.64. The van der Waals surface area contributed by atoms with E-state index in [4.69, 9.17) is 0 Å². The Morgan fingerprint density at radius 3 is 2.68 bits per heavy atom. The van der Waals surface area contributed by atoms with Crippen molar-refractivity contribution < 1.29 is 14.3 Å². The lowest BCUT2D eigenvalue weighted by atomic mass is 9.90. The lowest BCUT2D eigenvalue weighted by Crippen LogP contribution is -2.03. The van der Waals surface area contributed by atoms with Crippen LogP contribution >= 0.6 is 0 Å². The minimum absolute atomic E-state index is 0.131. The second-order valence-corrected chi connectivity index (χ2v) is 6.21. The van der Waals surface area contributed by atoms with Crippen LogP contribution in [-0.4, -0.2) is 18.9 Å². The molecule has 2 rings (SSSR count). The molecule has 1 aliphatic rings. The number of carbonyl (C=O) groups excluding carboxylic acids is 2. The van der Waals surface area contributed by atoms with Gasteiger partial charge in [-0.15, -0.1) is 0 Å². The van der Waals surface area contributed by atoms with Crippen LogP contribution in [-0.2, 0) is 20.7 Å². The molecular weight excluding hydrogens is 276 g/mol. The van der Waals surface area contributed by atoms with Crippen molar-refractivity contribution in [3.63, 3.8) is 0 Å². The highest BCUT2D eigenvalue weighted by Crippen LogP contribution is 2.30. The zero-order chi connectivity index (χ0) is 15.8. The first-order valence-corrected chi connectivity index (χ1v) is 8.36. The first-order chi connectivity index (χ1) is 10.7. The molecule has 22 heavy (non-hydrogen) atoms. The molecule has 0 amide bonds. The number of Topliss-reactive ketones (excluding diaryl/α,β-unsaturated/α-hetero) is 1. The predicted octanol–water partition coefficient (Wildman–Crippen LogP) is 4.19. The van der Waals surface area contributed by atoms with E-state index in [9.17, 15) is 9.59 Å². The molecular formula is C19H26O3. The Kier molecular flexibility index (Phi) is 6.63. The van der Waals surface area contributed by atoms with Gasteiger partial charge in [-0.2, -0.15) is 0 Å². The summed E-state index contributed by atoms with van der Waals surface area (Å²) in [7, 11) is 1.43. The minimum atomic E-state index is -0.131. The van der Waals surface area contributed by atoms with E-state index >= 15 is 0 Å². The maximum absolute atomic E-state index is 11.8. The van der Waals surface area contributed by atoms with E-state index in [2.05, 4.69) is 29.0 Å². The van der Waals surface area contributed by atoms with Gasteiger partial charge < -0.3 is 4.74 Å². The number of ether oxygens (including phenoxy) is 1. The summed E-state index contributed by atoms with van der Waals surface area (Å²) in [5.74, 6) is 0.686. The molecule has 0 N–H and O–H groups in total. The largest absolute Gasteiger partial charge is 0.469 e. The van der Waals surface area contributed by atoms with Crippen molar-refractivity contribution in [2.24, 2.45) is 0 Å². The average Bonchev–Trinajstić information content (AvgIpc) is 2.76. The number of esters is 1. The third-order valence-corrected chi connectivity index (χ3v) is 4.51. The van der Waals surface area contributed by atoms with Crippen LogP contribution in [0.2, 0.25) is 0 Å². The van der Waals surface area contributed by atoms with Crippen molar-refractivity contribution >= 4 is 11.8 Å². The van der Waals surface area contributed by atoms with Crippen LogP contribution in [0.4, 0.5) is 0 Å². The number of rotatable bonds is 6. The van der Waals surface area contributed by atoms with E-state index in [1.165, 1.54) is 18.2 Å². The molecule has 0 heterocycles. The molecule has 0 aromatic heterocycles. The fourth-order valence-electron chi connectivity index (χ4n) is 3.13. The Morgan fingerprint density at radius 2 is 1.95 bits per heavy atom. The molecule has 1 unspecified atom stereocenters. The number of carbonyl (C=O) groups is 2. The van der Waals surface area contributed by atoms with Crippen LogP contribution < -0.4 is 0 Å². The summed E-state index contributed by atoms with van der Waals surface area (Å²) in [6.45, 7) is 0. The lowest BCUT2D eigenvalue weighted by molar-refractivity contribution is -0.140. The molecule has 1 atom stereocenters. The van der Waals surface area contributed by atoms with Crippen molar-refractivity contribution in [2.75, 3.05) is 7.11 Å². The number of hydrogen-bond acceptors (Lipinski definition) is 3. The standard InChI is InChI=1S/C19H26O3/c1-22-19(21)9-5-2-6-15-10-12-16(13-11-15)17-7-3-4-8-18(20)14-17/h10-13,17H,2-9,14H2,1H3. The lowest BCUT2D eigenvalue weighted by Gasteiger charge is -2.14. The summed E-state index contributed by atoms with van der Waals surface area (Å²) in [6.07, 6.45) is 8.15. The van der Waals surface area contributed by atoms with E-state index in [0.717, 1.165) is 44.9 Å². The van der Waals surface area contributed by atoms with Gasteiger partial charge >= 0.3 is 5.97 Å². The molecule has 0 spiro atoms. The summed E-state index contributed by atoms with van der Waals surface area (Å²) in [6, 6.07) is 8.70. The molecule has 0 bridgehead atoms. The molecule has 0 aliphatic heterocycles. The van der Waals surface area contributed by atoms with Gasteiger partial charge in [-0.1, -0.05) is 30.7 Å². The van der Waals surface area contributed by atoms with Crippen LogP contribution in [0.25, 0.3) is 0 Å². The molecule has 120 valence electrons. The van der Waals surface area contributed by atoms with Gasteiger partial charge in [0.15, 0.2) is 0 Å². The third-order valence-electron chi connectivity index (χ3n) is 4.51. The maximum atomic E-state index is 11.8. The molecule has 1 aromatic rings.